The van der Waals surface area contributed by atoms with Crippen LogP contribution >= 0.6 is 0 Å². The second-order valence-electron chi connectivity index (χ2n) is 6.12. The quantitative estimate of drug-likeness (QED) is 0.872. The monoisotopic (exact) mass is 275 g/mol. The number of nitrogens with one attached hydrogen (secondary N) is 1. The van der Waals surface area contributed by atoms with E-state index in [2.05, 4.69) is 11.4 Å². The van der Waals surface area contributed by atoms with Crippen molar-refractivity contribution in [3.05, 3.63) is 29.3 Å². The van der Waals surface area contributed by atoms with Crippen LogP contribution < -0.4 is 10.1 Å². The summed E-state index contributed by atoms with van der Waals surface area (Å²) in [5, 5.41) is 14.4. The van der Waals surface area contributed by atoms with E-state index in [0.29, 0.717) is 12.0 Å². The molecule has 1 aliphatic heterocycles. The van der Waals surface area contributed by atoms with Crippen LogP contribution in [0.3, 0.4) is 0 Å². The lowest BCUT2D eigenvalue weighted by atomic mass is 9.76. The molecular formula is C17H25NO2. The van der Waals surface area contributed by atoms with Crippen LogP contribution in [0.2, 0.25) is 0 Å². The van der Waals surface area contributed by atoms with Gasteiger partial charge in [0.2, 0.25) is 0 Å². The third kappa shape index (κ3) is 2.70. The minimum Gasteiger partial charge on any atom is -0.497 e. The van der Waals surface area contributed by atoms with Crippen molar-refractivity contribution < 1.29 is 9.84 Å². The number of rotatable bonds is 2. The molecule has 2 N–H and O–H groups in total. The van der Waals surface area contributed by atoms with Gasteiger partial charge in [-0.1, -0.05) is 18.9 Å². The van der Waals surface area contributed by atoms with Gasteiger partial charge < -0.3 is 15.2 Å². The van der Waals surface area contributed by atoms with Gasteiger partial charge in [0, 0.05) is 12.0 Å². The van der Waals surface area contributed by atoms with E-state index in [4.69, 9.17) is 4.74 Å². The van der Waals surface area contributed by atoms with Gasteiger partial charge in [0.05, 0.1) is 13.2 Å². The highest BCUT2D eigenvalue weighted by Crippen LogP contribution is 2.39. The summed E-state index contributed by atoms with van der Waals surface area (Å²) in [4.78, 5) is 0. The van der Waals surface area contributed by atoms with Crippen molar-refractivity contribution in [3.8, 4) is 5.75 Å². The molecule has 110 valence electrons. The van der Waals surface area contributed by atoms with Crippen molar-refractivity contribution in [1.82, 2.24) is 5.32 Å². The highest BCUT2D eigenvalue weighted by molar-refractivity contribution is 5.39. The first kappa shape index (κ1) is 13.9. The van der Waals surface area contributed by atoms with Crippen LogP contribution in [0.25, 0.3) is 0 Å². The minimum absolute atomic E-state index is 0.340. The zero-order valence-corrected chi connectivity index (χ0v) is 12.3. The molecule has 3 heteroatoms. The first-order valence-corrected chi connectivity index (χ1v) is 7.88. The third-order valence-corrected chi connectivity index (χ3v) is 4.94. The molecule has 3 unspecified atom stereocenters. The van der Waals surface area contributed by atoms with Gasteiger partial charge in [-0.2, -0.15) is 0 Å². The Bertz CT molecular complexity index is 452. The van der Waals surface area contributed by atoms with Crippen molar-refractivity contribution >= 4 is 0 Å². The summed E-state index contributed by atoms with van der Waals surface area (Å²) in [6.07, 6.45) is 6.86. The van der Waals surface area contributed by atoms with Gasteiger partial charge in [-0.25, -0.2) is 0 Å². The number of hydrogen-bond acceptors (Lipinski definition) is 3. The second kappa shape index (κ2) is 6.15. The zero-order chi connectivity index (χ0) is 13.9. The van der Waals surface area contributed by atoms with E-state index >= 15 is 0 Å². The number of fused-ring (bicyclic) bond motifs is 1. The average molecular weight is 275 g/mol. The lowest BCUT2D eigenvalue weighted by molar-refractivity contribution is 0.0680. The molecule has 2 aliphatic rings. The second-order valence-corrected chi connectivity index (χ2v) is 6.12. The Hall–Kier alpha value is -1.06. The van der Waals surface area contributed by atoms with E-state index in [1.165, 1.54) is 31.2 Å². The maximum atomic E-state index is 10.8. The van der Waals surface area contributed by atoms with Crippen LogP contribution in [0.15, 0.2) is 18.2 Å². The molecule has 1 aliphatic carbocycles. The van der Waals surface area contributed by atoms with Crippen molar-refractivity contribution in [2.75, 3.05) is 13.7 Å². The number of aryl methyl sites for hydroxylation is 1. The molecule has 0 spiro atoms. The van der Waals surface area contributed by atoms with Gasteiger partial charge in [-0.05, 0) is 55.5 Å². The highest BCUT2D eigenvalue weighted by Gasteiger charge is 2.34. The normalized spacial score (nSPS) is 30.4. The molecule has 3 rings (SSSR count). The SMILES string of the molecule is COc1ccc2c(c1)C(O)C(C1CCCCCN1)CC2. The van der Waals surface area contributed by atoms with Gasteiger partial charge in [0.1, 0.15) is 5.75 Å². The summed E-state index contributed by atoms with van der Waals surface area (Å²) < 4.78 is 5.30. The summed E-state index contributed by atoms with van der Waals surface area (Å²) in [6, 6.07) is 6.58. The first-order chi connectivity index (χ1) is 9.79. The molecule has 1 fully saturated rings. The largest absolute Gasteiger partial charge is 0.497 e. The van der Waals surface area contributed by atoms with Gasteiger partial charge in [-0.3, -0.25) is 0 Å². The molecule has 1 saturated heterocycles. The van der Waals surface area contributed by atoms with Crippen LogP contribution in [0.5, 0.6) is 5.75 Å². The molecule has 1 heterocycles. The van der Waals surface area contributed by atoms with E-state index in [9.17, 15) is 5.11 Å². The summed E-state index contributed by atoms with van der Waals surface area (Å²) in [6.45, 7) is 1.10. The molecule has 3 nitrogen and oxygen atoms in total. The smallest absolute Gasteiger partial charge is 0.119 e. The summed E-state index contributed by atoms with van der Waals surface area (Å²) in [5.41, 5.74) is 2.36. The Morgan fingerprint density at radius 3 is 2.95 bits per heavy atom. The number of ether oxygens (including phenoxy) is 1. The fourth-order valence-corrected chi connectivity index (χ4v) is 3.76. The van der Waals surface area contributed by atoms with E-state index in [-0.39, 0.29) is 6.10 Å². The van der Waals surface area contributed by atoms with Crippen molar-refractivity contribution in [3.63, 3.8) is 0 Å². The molecule has 3 atom stereocenters. The molecule has 1 aromatic carbocycles. The van der Waals surface area contributed by atoms with Gasteiger partial charge in [0.25, 0.3) is 0 Å². The Kier molecular flexibility index (Phi) is 4.27. The predicted molar refractivity (Wildman–Crippen MR) is 80.0 cm³/mol. The number of methoxy groups -OCH3 is 1. The van der Waals surface area contributed by atoms with Gasteiger partial charge in [-0.15, -0.1) is 0 Å². The van der Waals surface area contributed by atoms with Crippen LogP contribution in [0.4, 0.5) is 0 Å². The van der Waals surface area contributed by atoms with Crippen molar-refractivity contribution in [1.29, 1.82) is 0 Å². The maximum Gasteiger partial charge on any atom is 0.119 e. The van der Waals surface area contributed by atoms with Crippen molar-refractivity contribution in [2.24, 2.45) is 5.92 Å². The predicted octanol–water partition coefficient (Wildman–Crippen LogP) is 2.82. The standard InChI is InChI=1S/C17H25NO2/c1-20-13-8-6-12-7-9-14(17(19)15(12)11-13)16-5-3-2-4-10-18-16/h6,8,11,14,16-19H,2-5,7,9-10H2,1H3. The Labute approximate surface area is 121 Å². The molecule has 20 heavy (non-hydrogen) atoms. The number of hydrogen-bond donors (Lipinski definition) is 2. The molecule has 0 bridgehead atoms. The summed E-state index contributed by atoms with van der Waals surface area (Å²) in [7, 11) is 1.68. The fraction of sp³-hybridized carbons (Fsp3) is 0.647. The molecule has 1 aromatic rings. The van der Waals surface area contributed by atoms with Crippen LogP contribution in [0.1, 0.15) is 49.3 Å². The molecular weight excluding hydrogens is 250 g/mol. The molecule has 0 saturated carbocycles. The topological polar surface area (TPSA) is 41.5 Å². The highest BCUT2D eigenvalue weighted by atomic mass is 16.5. The number of aliphatic hydroxyl groups excluding tert-OH is 1. The van der Waals surface area contributed by atoms with Gasteiger partial charge >= 0.3 is 0 Å². The maximum absolute atomic E-state index is 10.8. The molecule has 0 amide bonds. The summed E-state index contributed by atoms with van der Waals surface area (Å²) >= 11 is 0. The van der Waals surface area contributed by atoms with E-state index < -0.39 is 0 Å². The Morgan fingerprint density at radius 2 is 2.10 bits per heavy atom. The van der Waals surface area contributed by atoms with E-state index in [1.807, 2.05) is 12.1 Å². The van der Waals surface area contributed by atoms with Crippen LogP contribution in [0, 0.1) is 5.92 Å². The lowest BCUT2D eigenvalue weighted by Crippen LogP contribution is -2.40. The van der Waals surface area contributed by atoms with E-state index in [1.54, 1.807) is 7.11 Å². The minimum atomic E-state index is -0.357. The first-order valence-electron chi connectivity index (χ1n) is 7.88. The summed E-state index contributed by atoms with van der Waals surface area (Å²) in [5.74, 6) is 1.19. The lowest BCUT2D eigenvalue weighted by Gasteiger charge is -2.36. The van der Waals surface area contributed by atoms with Crippen LogP contribution in [-0.2, 0) is 6.42 Å². The molecule has 0 radical (unpaired) electrons. The van der Waals surface area contributed by atoms with Crippen LogP contribution in [-0.4, -0.2) is 24.8 Å². The zero-order valence-electron chi connectivity index (χ0n) is 12.3. The Balaban J connectivity index is 1.81. The van der Waals surface area contributed by atoms with Gasteiger partial charge in [0.15, 0.2) is 0 Å². The third-order valence-electron chi connectivity index (χ3n) is 4.94. The number of benzene rings is 1. The van der Waals surface area contributed by atoms with E-state index in [0.717, 1.165) is 30.7 Å². The number of aliphatic hydroxyl groups is 1. The fourth-order valence-electron chi connectivity index (χ4n) is 3.76. The Morgan fingerprint density at radius 1 is 1.20 bits per heavy atom. The molecule has 0 aromatic heterocycles. The van der Waals surface area contributed by atoms with Crippen molar-refractivity contribution in [2.45, 2.75) is 50.7 Å². The average Bonchev–Trinajstić information content (AvgIpc) is 2.76.